The Morgan fingerprint density at radius 3 is 2.62 bits per heavy atom. The van der Waals surface area contributed by atoms with Crippen molar-refractivity contribution in [2.45, 2.75) is 6.92 Å². The zero-order valence-corrected chi connectivity index (χ0v) is 8.52. The molecule has 0 spiro atoms. The van der Waals surface area contributed by atoms with Crippen molar-refractivity contribution in [3.05, 3.63) is 33.6 Å². The highest BCUT2D eigenvalue weighted by atomic mass is 19.1. The van der Waals surface area contributed by atoms with Crippen LogP contribution in [0.25, 0.3) is 0 Å². The molecule has 7 heteroatoms. The Kier molecular flexibility index (Phi) is 3.39. The molecule has 1 aromatic rings. The van der Waals surface area contributed by atoms with Crippen LogP contribution in [0.5, 0.6) is 5.75 Å². The lowest BCUT2D eigenvalue weighted by Gasteiger charge is -2.05. The van der Waals surface area contributed by atoms with E-state index in [1.807, 2.05) is 0 Å². The minimum Gasteiger partial charge on any atom is -0.437 e. The number of nitro benzene ring substituents is 1. The second kappa shape index (κ2) is 4.56. The number of benzene rings is 1. The van der Waals surface area contributed by atoms with Crippen LogP contribution in [-0.2, 0) is 4.74 Å². The lowest BCUT2D eigenvalue weighted by atomic mass is 10.2. The Hall–Kier alpha value is -2.18. The van der Waals surface area contributed by atoms with Gasteiger partial charge < -0.3 is 9.47 Å². The van der Waals surface area contributed by atoms with E-state index in [0.29, 0.717) is 0 Å². The number of hydrogen-bond acceptors (Lipinski definition) is 5. The second-order valence-electron chi connectivity index (χ2n) is 2.88. The molecule has 0 amide bonds. The summed E-state index contributed by atoms with van der Waals surface area (Å²) in [6.07, 6.45) is -1.02. The van der Waals surface area contributed by atoms with Crippen LogP contribution in [0.1, 0.15) is 5.56 Å². The molecule has 86 valence electrons. The molecule has 0 aliphatic heterocycles. The molecule has 0 aliphatic carbocycles. The van der Waals surface area contributed by atoms with Crippen molar-refractivity contribution in [1.82, 2.24) is 0 Å². The third kappa shape index (κ3) is 2.44. The van der Waals surface area contributed by atoms with Crippen molar-refractivity contribution in [3.8, 4) is 5.75 Å². The maximum Gasteiger partial charge on any atom is 0.513 e. The summed E-state index contributed by atoms with van der Waals surface area (Å²) < 4.78 is 21.9. The molecule has 0 fully saturated rings. The summed E-state index contributed by atoms with van der Waals surface area (Å²) in [4.78, 5) is 20.3. The van der Waals surface area contributed by atoms with Crippen LogP contribution in [0.4, 0.5) is 14.9 Å². The van der Waals surface area contributed by atoms with Crippen LogP contribution < -0.4 is 4.74 Å². The number of halogens is 1. The van der Waals surface area contributed by atoms with Gasteiger partial charge in [-0.1, -0.05) is 0 Å². The van der Waals surface area contributed by atoms with Gasteiger partial charge in [-0.2, -0.15) is 4.39 Å². The number of aryl methyl sites for hydroxylation is 1. The minimum absolute atomic E-state index is 0.111. The first-order chi connectivity index (χ1) is 7.45. The van der Waals surface area contributed by atoms with Gasteiger partial charge in [-0.25, -0.2) is 4.79 Å². The zero-order chi connectivity index (χ0) is 12.3. The first-order valence-corrected chi connectivity index (χ1v) is 4.16. The largest absolute Gasteiger partial charge is 0.513 e. The highest BCUT2D eigenvalue weighted by molar-refractivity contribution is 5.65. The fourth-order valence-electron chi connectivity index (χ4n) is 1.02. The summed E-state index contributed by atoms with van der Waals surface area (Å²) in [6, 6.07) is 1.75. The number of nitro groups is 1. The Labute approximate surface area is 89.7 Å². The number of rotatable bonds is 2. The van der Waals surface area contributed by atoms with Crippen molar-refractivity contribution >= 4 is 11.8 Å². The first-order valence-electron chi connectivity index (χ1n) is 4.16. The number of nitrogens with zero attached hydrogens (tertiary/aromatic N) is 1. The number of carbonyl (C=O) groups excluding carboxylic acids is 1. The summed E-state index contributed by atoms with van der Waals surface area (Å²) in [5.41, 5.74) is -0.502. The van der Waals surface area contributed by atoms with E-state index in [1.54, 1.807) is 0 Å². The molecule has 0 aliphatic rings. The molecule has 0 N–H and O–H groups in total. The summed E-state index contributed by atoms with van der Waals surface area (Å²) in [7, 11) is 1.09. The molecule has 1 rings (SSSR count). The van der Waals surface area contributed by atoms with Crippen molar-refractivity contribution in [2.24, 2.45) is 0 Å². The lowest BCUT2D eigenvalue weighted by molar-refractivity contribution is -0.387. The monoisotopic (exact) mass is 229 g/mol. The maximum atomic E-state index is 13.1. The first kappa shape index (κ1) is 11.9. The lowest BCUT2D eigenvalue weighted by Crippen LogP contribution is -2.09. The quantitative estimate of drug-likeness (QED) is 0.336. The zero-order valence-electron chi connectivity index (χ0n) is 8.52. The predicted molar refractivity (Wildman–Crippen MR) is 50.8 cm³/mol. The van der Waals surface area contributed by atoms with Gasteiger partial charge in [0.15, 0.2) is 0 Å². The number of ether oxygens (including phenoxy) is 2. The van der Waals surface area contributed by atoms with E-state index >= 15 is 0 Å². The molecule has 0 heterocycles. The van der Waals surface area contributed by atoms with Gasteiger partial charge in [0, 0.05) is 0 Å². The smallest absolute Gasteiger partial charge is 0.437 e. The van der Waals surface area contributed by atoms with Crippen molar-refractivity contribution in [1.29, 1.82) is 0 Å². The Morgan fingerprint density at radius 2 is 2.12 bits per heavy atom. The van der Waals surface area contributed by atoms with Crippen molar-refractivity contribution < 1.29 is 23.6 Å². The molecule has 1 aromatic carbocycles. The topological polar surface area (TPSA) is 78.7 Å². The van der Waals surface area contributed by atoms with Gasteiger partial charge in [-0.15, -0.1) is 0 Å². The number of carbonyl (C=O) groups is 1. The van der Waals surface area contributed by atoms with Gasteiger partial charge in [-0.05, 0) is 18.6 Å². The van der Waals surface area contributed by atoms with Gasteiger partial charge in [0.2, 0.25) is 5.82 Å². The third-order valence-corrected chi connectivity index (χ3v) is 1.80. The summed E-state index contributed by atoms with van der Waals surface area (Å²) in [5.74, 6) is -1.10. The Morgan fingerprint density at radius 1 is 1.50 bits per heavy atom. The molecular formula is C9H8FNO5. The van der Waals surface area contributed by atoms with E-state index < -0.39 is 22.6 Å². The third-order valence-electron chi connectivity index (χ3n) is 1.80. The van der Waals surface area contributed by atoms with Crippen LogP contribution in [0.3, 0.4) is 0 Å². The summed E-state index contributed by atoms with van der Waals surface area (Å²) >= 11 is 0. The van der Waals surface area contributed by atoms with Crippen LogP contribution in [0.15, 0.2) is 12.1 Å². The predicted octanol–water partition coefficient (Wildman–Crippen LogP) is 2.19. The minimum atomic E-state index is -1.02. The van der Waals surface area contributed by atoms with Gasteiger partial charge >= 0.3 is 11.8 Å². The molecule has 6 nitrogen and oxygen atoms in total. The standard InChI is InChI=1S/C9H8FNO5/c1-5-3-6(10)7(11(13)14)4-8(5)16-9(12)15-2/h3-4H,1-2H3. The van der Waals surface area contributed by atoms with Crippen LogP contribution in [0.2, 0.25) is 0 Å². The van der Waals surface area contributed by atoms with Gasteiger partial charge in [0.25, 0.3) is 0 Å². The normalized spacial score (nSPS) is 9.69. The number of methoxy groups -OCH3 is 1. The van der Waals surface area contributed by atoms with Crippen LogP contribution in [-0.4, -0.2) is 18.2 Å². The van der Waals surface area contributed by atoms with E-state index in [0.717, 1.165) is 19.2 Å². The molecule has 0 bridgehead atoms. The van der Waals surface area contributed by atoms with Gasteiger partial charge in [0.1, 0.15) is 5.75 Å². The molecule has 0 aromatic heterocycles. The van der Waals surface area contributed by atoms with E-state index in [-0.39, 0.29) is 11.3 Å². The fraction of sp³-hybridized carbons (Fsp3) is 0.222. The van der Waals surface area contributed by atoms with E-state index in [9.17, 15) is 19.3 Å². The van der Waals surface area contributed by atoms with Gasteiger partial charge in [-0.3, -0.25) is 10.1 Å². The molecule has 0 unspecified atom stereocenters. The average molecular weight is 229 g/mol. The van der Waals surface area contributed by atoms with E-state index in [4.69, 9.17) is 0 Å². The highest BCUT2D eigenvalue weighted by Crippen LogP contribution is 2.27. The highest BCUT2D eigenvalue weighted by Gasteiger charge is 2.19. The molecular weight excluding hydrogens is 221 g/mol. The molecule has 0 atom stereocenters. The molecule has 0 radical (unpaired) electrons. The van der Waals surface area contributed by atoms with Crippen LogP contribution in [0, 0.1) is 22.9 Å². The average Bonchev–Trinajstić information content (AvgIpc) is 2.21. The molecule has 0 saturated heterocycles. The maximum absolute atomic E-state index is 13.1. The van der Waals surface area contributed by atoms with Crippen molar-refractivity contribution in [3.63, 3.8) is 0 Å². The molecule has 0 saturated carbocycles. The SMILES string of the molecule is COC(=O)Oc1cc([N+](=O)[O-])c(F)cc1C. The Bertz CT molecular complexity index is 446. The number of hydrogen-bond donors (Lipinski definition) is 0. The van der Waals surface area contributed by atoms with E-state index in [2.05, 4.69) is 9.47 Å². The summed E-state index contributed by atoms with van der Waals surface area (Å²) in [5, 5.41) is 10.4. The van der Waals surface area contributed by atoms with Crippen molar-refractivity contribution in [2.75, 3.05) is 7.11 Å². The summed E-state index contributed by atoms with van der Waals surface area (Å²) in [6.45, 7) is 1.45. The van der Waals surface area contributed by atoms with Crippen LogP contribution >= 0.6 is 0 Å². The molecule has 16 heavy (non-hydrogen) atoms. The second-order valence-corrected chi connectivity index (χ2v) is 2.88. The van der Waals surface area contributed by atoms with Gasteiger partial charge in [0.05, 0.1) is 18.1 Å². The van der Waals surface area contributed by atoms with E-state index in [1.165, 1.54) is 6.92 Å². The fourth-order valence-corrected chi connectivity index (χ4v) is 1.02. The Balaban J connectivity index is 3.14.